The molecule has 0 spiro atoms. The van der Waals surface area contributed by atoms with E-state index >= 15 is 0 Å². The minimum atomic E-state index is -1.88. The van der Waals surface area contributed by atoms with Crippen LogP contribution in [0.4, 0.5) is 0 Å². The standard InChI is InChI=1S/C16H29NO3Si/c1-11-14(20-21(5,6)16(2,3)4)9-13(10-18)17(11)15(19)12-7-8-12/h10-14H,7-9H2,1-6H3/t11?,13?,14-/m0/s1. The first-order valence-corrected chi connectivity index (χ1v) is 10.9. The zero-order valence-corrected chi connectivity index (χ0v) is 15.2. The molecule has 1 heterocycles. The van der Waals surface area contributed by atoms with E-state index < -0.39 is 8.32 Å². The fraction of sp³-hybridized carbons (Fsp3) is 0.875. The molecule has 21 heavy (non-hydrogen) atoms. The SMILES string of the molecule is CC1[C@@H](O[Si](C)(C)C(C)(C)C)CC(C=O)N1C(=O)C1CC1. The third-order valence-corrected chi connectivity index (χ3v) is 9.90. The molecule has 0 N–H and O–H groups in total. The lowest BCUT2D eigenvalue weighted by atomic mass is 10.2. The molecular weight excluding hydrogens is 282 g/mol. The van der Waals surface area contributed by atoms with Crippen molar-refractivity contribution in [1.82, 2.24) is 4.90 Å². The Morgan fingerprint density at radius 3 is 2.29 bits per heavy atom. The van der Waals surface area contributed by atoms with Crippen LogP contribution in [0.15, 0.2) is 0 Å². The Bertz CT molecular complexity index is 426. The van der Waals surface area contributed by atoms with Crippen molar-refractivity contribution in [2.24, 2.45) is 5.92 Å². The molecule has 120 valence electrons. The van der Waals surface area contributed by atoms with Crippen LogP contribution in [0.5, 0.6) is 0 Å². The minimum absolute atomic E-state index is 0.00225. The van der Waals surface area contributed by atoms with Crippen molar-refractivity contribution in [3.63, 3.8) is 0 Å². The third-order valence-electron chi connectivity index (χ3n) is 5.40. The van der Waals surface area contributed by atoms with Crippen molar-refractivity contribution >= 4 is 20.5 Å². The van der Waals surface area contributed by atoms with Gasteiger partial charge in [0, 0.05) is 12.3 Å². The summed E-state index contributed by atoms with van der Waals surface area (Å²) in [4.78, 5) is 25.6. The summed E-state index contributed by atoms with van der Waals surface area (Å²) in [6.07, 6.45) is 3.51. The highest BCUT2D eigenvalue weighted by Gasteiger charge is 2.49. The zero-order chi connectivity index (χ0) is 16.0. The minimum Gasteiger partial charge on any atom is -0.412 e. The summed E-state index contributed by atoms with van der Waals surface area (Å²) < 4.78 is 6.47. The molecule has 0 aromatic heterocycles. The van der Waals surface area contributed by atoms with Crippen molar-refractivity contribution in [3.8, 4) is 0 Å². The van der Waals surface area contributed by atoms with Crippen molar-refractivity contribution in [2.75, 3.05) is 0 Å². The first-order valence-electron chi connectivity index (χ1n) is 8.04. The van der Waals surface area contributed by atoms with E-state index in [0.29, 0.717) is 6.42 Å². The largest absolute Gasteiger partial charge is 0.412 e. The summed E-state index contributed by atoms with van der Waals surface area (Å²) in [5.41, 5.74) is 0. The lowest BCUT2D eigenvalue weighted by Crippen LogP contribution is -2.48. The topological polar surface area (TPSA) is 46.6 Å². The number of hydrogen-bond acceptors (Lipinski definition) is 3. The quantitative estimate of drug-likeness (QED) is 0.592. The van der Waals surface area contributed by atoms with E-state index in [9.17, 15) is 9.59 Å². The molecule has 2 fully saturated rings. The summed E-state index contributed by atoms with van der Waals surface area (Å²) in [5, 5.41) is 0.136. The molecule has 1 saturated carbocycles. The molecule has 0 aromatic rings. The van der Waals surface area contributed by atoms with Crippen LogP contribution in [0.2, 0.25) is 18.1 Å². The van der Waals surface area contributed by atoms with Gasteiger partial charge in [-0.1, -0.05) is 20.8 Å². The highest BCUT2D eigenvalue weighted by molar-refractivity contribution is 6.74. The van der Waals surface area contributed by atoms with E-state index in [1.165, 1.54) is 0 Å². The van der Waals surface area contributed by atoms with Crippen LogP contribution in [-0.2, 0) is 14.0 Å². The zero-order valence-electron chi connectivity index (χ0n) is 14.2. The molecule has 1 aliphatic heterocycles. The second-order valence-corrected chi connectivity index (χ2v) is 12.9. The maximum atomic E-state index is 12.4. The first kappa shape index (κ1) is 16.7. The second-order valence-electron chi connectivity index (χ2n) is 8.12. The fourth-order valence-corrected chi connectivity index (χ4v) is 4.16. The Morgan fingerprint density at radius 2 is 1.86 bits per heavy atom. The van der Waals surface area contributed by atoms with Gasteiger partial charge in [0.2, 0.25) is 5.91 Å². The Hall–Kier alpha value is -0.683. The van der Waals surface area contributed by atoms with Gasteiger partial charge in [0.05, 0.1) is 18.2 Å². The monoisotopic (exact) mass is 311 g/mol. The van der Waals surface area contributed by atoms with Crippen molar-refractivity contribution < 1.29 is 14.0 Å². The predicted octanol–water partition coefficient (Wildman–Crippen LogP) is 2.98. The normalized spacial score (nSPS) is 30.6. The molecule has 0 bridgehead atoms. The van der Waals surface area contributed by atoms with Gasteiger partial charge >= 0.3 is 0 Å². The molecule has 3 atom stereocenters. The molecule has 2 unspecified atom stereocenters. The number of hydrogen-bond donors (Lipinski definition) is 0. The summed E-state index contributed by atoms with van der Waals surface area (Å²) in [6, 6.07) is -0.301. The van der Waals surface area contributed by atoms with Crippen molar-refractivity contribution in [1.29, 1.82) is 0 Å². The number of carbonyl (C=O) groups excluding carboxylic acids is 2. The van der Waals surface area contributed by atoms with Crippen LogP contribution in [0.25, 0.3) is 0 Å². The van der Waals surface area contributed by atoms with Crippen LogP contribution < -0.4 is 0 Å². The first-order chi connectivity index (χ1) is 9.58. The van der Waals surface area contributed by atoms with Gasteiger partial charge in [0.25, 0.3) is 0 Å². The second kappa shape index (κ2) is 5.50. The molecule has 0 radical (unpaired) electrons. The van der Waals surface area contributed by atoms with E-state index in [1.54, 1.807) is 4.90 Å². The Labute approximate surface area is 129 Å². The number of rotatable bonds is 4. The van der Waals surface area contributed by atoms with Gasteiger partial charge in [-0.05, 0) is 37.9 Å². The van der Waals surface area contributed by atoms with Gasteiger partial charge in [-0.25, -0.2) is 0 Å². The van der Waals surface area contributed by atoms with Crippen LogP contribution in [0.3, 0.4) is 0 Å². The molecule has 4 nitrogen and oxygen atoms in total. The summed E-state index contributed by atoms with van der Waals surface area (Å²) in [6.45, 7) is 13.1. The van der Waals surface area contributed by atoms with Crippen LogP contribution >= 0.6 is 0 Å². The molecule has 2 rings (SSSR count). The Balaban J connectivity index is 2.12. The van der Waals surface area contributed by atoms with Crippen molar-refractivity contribution in [3.05, 3.63) is 0 Å². The average molecular weight is 311 g/mol. The van der Waals surface area contributed by atoms with E-state index in [1.807, 2.05) is 6.92 Å². The van der Waals surface area contributed by atoms with Gasteiger partial charge in [0.15, 0.2) is 8.32 Å². The van der Waals surface area contributed by atoms with E-state index in [-0.39, 0.29) is 35.1 Å². The van der Waals surface area contributed by atoms with Gasteiger partial charge in [-0.15, -0.1) is 0 Å². The van der Waals surface area contributed by atoms with Gasteiger partial charge in [0.1, 0.15) is 6.29 Å². The number of amides is 1. The number of carbonyl (C=O) groups is 2. The Kier molecular flexibility index (Phi) is 4.37. The fourth-order valence-electron chi connectivity index (χ4n) is 2.76. The number of aldehydes is 1. The number of nitrogens with zero attached hydrogens (tertiary/aromatic N) is 1. The highest BCUT2D eigenvalue weighted by Crippen LogP contribution is 2.41. The number of likely N-dealkylation sites (tertiary alicyclic amines) is 1. The lowest BCUT2D eigenvalue weighted by molar-refractivity contribution is -0.138. The molecular formula is C16H29NO3Si. The van der Waals surface area contributed by atoms with Gasteiger partial charge < -0.3 is 14.1 Å². The highest BCUT2D eigenvalue weighted by atomic mass is 28.4. The predicted molar refractivity (Wildman–Crippen MR) is 85.6 cm³/mol. The maximum Gasteiger partial charge on any atom is 0.226 e. The lowest BCUT2D eigenvalue weighted by Gasteiger charge is -2.39. The summed E-state index contributed by atoms with van der Waals surface area (Å²) >= 11 is 0. The van der Waals surface area contributed by atoms with E-state index in [0.717, 1.165) is 19.1 Å². The Morgan fingerprint density at radius 1 is 1.29 bits per heavy atom. The van der Waals surface area contributed by atoms with Crippen molar-refractivity contribution in [2.45, 2.75) is 83.3 Å². The van der Waals surface area contributed by atoms with E-state index in [2.05, 4.69) is 33.9 Å². The molecule has 5 heteroatoms. The summed E-state index contributed by atoms with van der Waals surface area (Å²) in [5.74, 6) is 0.308. The molecule has 1 saturated heterocycles. The van der Waals surface area contributed by atoms with Crippen LogP contribution in [0.1, 0.15) is 47.0 Å². The molecule has 0 aromatic carbocycles. The molecule has 1 aliphatic carbocycles. The molecule has 2 aliphatic rings. The van der Waals surface area contributed by atoms with E-state index in [4.69, 9.17) is 4.43 Å². The van der Waals surface area contributed by atoms with Crippen LogP contribution in [0, 0.1) is 5.92 Å². The summed E-state index contributed by atoms with van der Waals surface area (Å²) in [7, 11) is -1.88. The maximum absolute atomic E-state index is 12.4. The van der Waals surface area contributed by atoms with Gasteiger partial charge in [-0.3, -0.25) is 4.79 Å². The van der Waals surface area contributed by atoms with Gasteiger partial charge in [-0.2, -0.15) is 0 Å². The smallest absolute Gasteiger partial charge is 0.226 e. The van der Waals surface area contributed by atoms with Crippen LogP contribution in [-0.4, -0.2) is 43.6 Å². The third kappa shape index (κ3) is 3.23. The molecule has 1 amide bonds. The average Bonchev–Trinajstić information content (AvgIpc) is 3.14.